The Bertz CT molecular complexity index is 1490. The molecule has 2 amide bonds. The van der Waals surface area contributed by atoms with Crippen molar-refractivity contribution in [2.24, 2.45) is 13.0 Å². The summed E-state index contributed by atoms with van der Waals surface area (Å²) in [5.41, 5.74) is 6.89. The van der Waals surface area contributed by atoms with E-state index in [4.69, 9.17) is 5.73 Å². The molecule has 0 aliphatic heterocycles. The highest BCUT2D eigenvalue weighted by Crippen LogP contribution is 2.33. The molecule has 5 rings (SSSR count). The second-order valence-electron chi connectivity index (χ2n) is 8.79. The van der Waals surface area contributed by atoms with Crippen molar-refractivity contribution in [3.05, 3.63) is 59.5 Å². The number of hydrogen-bond acceptors (Lipinski definition) is 6. The third-order valence-corrected chi connectivity index (χ3v) is 6.26. The number of anilines is 1. The number of nitrogens with two attached hydrogens (primary N) is 1. The molecule has 12 heteroatoms. The molecule has 3 heterocycles. The number of fused-ring (bicyclic) bond motifs is 3. The number of hydrazine groups is 1. The number of amides is 2. The summed E-state index contributed by atoms with van der Waals surface area (Å²) >= 11 is 0. The number of carbonyl (C=O) groups is 2. The van der Waals surface area contributed by atoms with Gasteiger partial charge in [-0.05, 0) is 43.2 Å². The highest BCUT2D eigenvalue weighted by Gasteiger charge is 2.36. The van der Waals surface area contributed by atoms with Gasteiger partial charge in [0.25, 0.3) is 5.91 Å². The quantitative estimate of drug-likeness (QED) is 0.432. The average molecular weight is 497 g/mol. The van der Waals surface area contributed by atoms with E-state index in [-0.39, 0.29) is 29.6 Å². The van der Waals surface area contributed by atoms with Crippen molar-refractivity contribution in [3.8, 4) is 0 Å². The first kappa shape index (κ1) is 23.5. The van der Waals surface area contributed by atoms with Crippen LogP contribution in [0.1, 0.15) is 34.5 Å². The lowest BCUT2D eigenvalue weighted by Crippen LogP contribution is -2.47. The number of alkyl halides is 3. The van der Waals surface area contributed by atoms with Crippen LogP contribution in [0.5, 0.6) is 0 Å². The Balaban J connectivity index is 1.53. The zero-order valence-corrected chi connectivity index (χ0v) is 19.5. The molecule has 186 valence electrons. The van der Waals surface area contributed by atoms with Gasteiger partial charge in [-0.1, -0.05) is 0 Å². The molecule has 0 spiro atoms. The first-order valence-electron chi connectivity index (χ1n) is 11.2. The van der Waals surface area contributed by atoms with E-state index in [1.165, 1.54) is 23.1 Å². The smallest absolute Gasteiger partial charge is 0.383 e. The number of nitrogen functional groups attached to an aromatic ring is 1. The maximum absolute atomic E-state index is 13.7. The van der Waals surface area contributed by atoms with Crippen LogP contribution < -0.4 is 5.73 Å². The van der Waals surface area contributed by atoms with E-state index in [9.17, 15) is 22.8 Å². The Morgan fingerprint density at radius 1 is 1.14 bits per heavy atom. The summed E-state index contributed by atoms with van der Waals surface area (Å²) in [5.74, 6) is -0.611. The van der Waals surface area contributed by atoms with Gasteiger partial charge in [0.1, 0.15) is 5.82 Å². The van der Waals surface area contributed by atoms with Gasteiger partial charge in [0.05, 0.1) is 40.4 Å². The number of benzene rings is 1. The van der Waals surface area contributed by atoms with Crippen LogP contribution in [-0.2, 0) is 24.6 Å². The molecule has 0 unspecified atom stereocenters. The van der Waals surface area contributed by atoms with Gasteiger partial charge < -0.3 is 5.73 Å². The van der Waals surface area contributed by atoms with Crippen molar-refractivity contribution in [1.29, 1.82) is 0 Å². The number of halogens is 3. The predicted octanol–water partition coefficient (Wildman–Crippen LogP) is 3.54. The third kappa shape index (κ3) is 4.18. The number of aromatic nitrogens is 4. The van der Waals surface area contributed by atoms with Crippen LogP contribution in [0.4, 0.5) is 19.0 Å². The van der Waals surface area contributed by atoms with Crippen molar-refractivity contribution in [2.45, 2.75) is 25.6 Å². The summed E-state index contributed by atoms with van der Waals surface area (Å²) in [6, 6.07) is 6.98. The molecule has 0 atom stereocenters. The normalized spacial score (nSPS) is 13.8. The van der Waals surface area contributed by atoms with Gasteiger partial charge in [-0.15, -0.1) is 0 Å². The third-order valence-electron chi connectivity index (χ3n) is 6.26. The summed E-state index contributed by atoms with van der Waals surface area (Å²) in [6.07, 6.45) is -0.766. The Morgan fingerprint density at radius 3 is 2.53 bits per heavy atom. The molecule has 1 aromatic carbocycles. The number of carbonyl (C=O) groups excluding carboxylic acids is 2. The van der Waals surface area contributed by atoms with Crippen molar-refractivity contribution in [3.63, 3.8) is 0 Å². The molecule has 1 aliphatic rings. The van der Waals surface area contributed by atoms with E-state index in [0.29, 0.717) is 33.8 Å². The second kappa shape index (κ2) is 8.47. The first-order chi connectivity index (χ1) is 17.0. The fourth-order valence-corrected chi connectivity index (χ4v) is 4.11. The van der Waals surface area contributed by atoms with Gasteiger partial charge in [-0.2, -0.15) is 18.3 Å². The Kier molecular flexibility index (Phi) is 5.53. The Morgan fingerprint density at radius 2 is 1.89 bits per heavy atom. The van der Waals surface area contributed by atoms with Gasteiger partial charge in [-0.25, -0.2) is 9.99 Å². The number of rotatable bonds is 4. The van der Waals surface area contributed by atoms with Crippen LogP contribution in [0.2, 0.25) is 0 Å². The Labute approximate surface area is 203 Å². The summed E-state index contributed by atoms with van der Waals surface area (Å²) in [7, 11) is 3.23. The van der Waals surface area contributed by atoms with E-state index in [1.54, 1.807) is 36.1 Å². The molecule has 1 saturated carbocycles. The molecular formula is C24H22F3N7O2. The van der Waals surface area contributed by atoms with Gasteiger partial charge in [0.2, 0.25) is 5.91 Å². The lowest BCUT2D eigenvalue weighted by atomic mass is 10.1. The summed E-state index contributed by atoms with van der Waals surface area (Å²) in [6.45, 7) is -0.189. The van der Waals surface area contributed by atoms with Crippen LogP contribution in [-0.4, -0.2) is 48.6 Å². The highest BCUT2D eigenvalue weighted by molar-refractivity contribution is 6.10. The van der Waals surface area contributed by atoms with Crippen LogP contribution in [0.3, 0.4) is 0 Å². The monoisotopic (exact) mass is 497 g/mol. The standard InChI is InChI=1S/C24H22F3N7O2/c1-32-20-17-9-14(5-8-19(17)31-21(28)18(20)11-30-32)23(36)34(33(2)22(35)13-3-4-13)12-16-7-6-15(10-29-16)24(25,26)27/h5-11,13H,3-4,12H2,1-2H3,(H2,28,31). The minimum atomic E-state index is -4.53. The van der Waals surface area contributed by atoms with E-state index >= 15 is 0 Å². The molecular weight excluding hydrogens is 475 g/mol. The summed E-state index contributed by atoms with van der Waals surface area (Å²) < 4.78 is 40.5. The van der Waals surface area contributed by atoms with Crippen LogP contribution >= 0.6 is 0 Å². The van der Waals surface area contributed by atoms with E-state index in [2.05, 4.69) is 15.1 Å². The molecule has 1 aliphatic carbocycles. The predicted molar refractivity (Wildman–Crippen MR) is 125 cm³/mol. The molecule has 0 saturated heterocycles. The van der Waals surface area contributed by atoms with Crippen molar-refractivity contribution in [2.75, 3.05) is 12.8 Å². The van der Waals surface area contributed by atoms with Crippen molar-refractivity contribution >= 4 is 39.4 Å². The first-order valence-corrected chi connectivity index (χ1v) is 11.2. The van der Waals surface area contributed by atoms with E-state index in [0.717, 1.165) is 18.9 Å². The molecule has 9 nitrogen and oxygen atoms in total. The van der Waals surface area contributed by atoms with Crippen molar-refractivity contribution in [1.82, 2.24) is 29.8 Å². The number of aryl methyl sites for hydroxylation is 1. The fourth-order valence-electron chi connectivity index (χ4n) is 4.11. The number of pyridine rings is 2. The topological polar surface area (TPSA) is 110 Å². The molecule has 4 aromatic rings. The zero-order chi connectivity index (χ0) is 25.8. The van der Waals surface area contributed by atoms with Gasteiger partial charge in [0, 0.05) is 37.2 Å². The lowest BCUT2D eigenvalue weighted by Gasteiger charge is -2.32. The lowest BCUT2D eigenvalue weighted by molar-refractivity contribution is -0.144. The minimum Gasteiger partial charge on any atom is -0.383 e. The second-order valence-corrected chi connectivity index (χ2v) is 8.79. The average Bonchev–Trinajstić information content (AvgIpc) is 3.62. The minimum absolute atomic E-state index is 0.177. The van der Waals surface area contributed by atoms with Crippen LogP contribution in [0.15, 0.2) is 42.7 Å². The van der Waals surface area contributed by atoms with Gasteiger partial charge in [0.15, 0.2) is 0 Å². The molecule has 3 aromatic heterocycles. The maximum atomic E-state index is 13.7. The molecule has 0 bridgehead atoms. The molecule has 36 heavy (non-hydrogen) atoms. The van der Waals surface area contributed by atoms with Crippen LogP contribution in [0, 0.1) is 5.92 Å². The molecule has 0 radical (unpaired) electrons. The largest absolute Gasteiger partial charge is 0.417 e. The van der Waals surface area contributed by atoms with Crippen LogP contribution in [0.25, 0.3) is 21.8 Å². The Hall–Kier alpha value is -4.22. The zero-order valence-electron chi connectivity index (χ0n) is 19.5. The number of nitrogens with zero attached hydrogens (tertiary/aromatic N) is 6. The summed E-state index contributed by atoms with van der Waals surface area (Å²) in [4.78, 5) is 34.8. The van der Waals surface area contributed by atoms with Gasteiger partial charge >= 0.3 is 6.18 Å². The fraction of sp³-hybridized carbons (Fsp3) is 0.292. The maximum Gasteiger partial charge on any atom is 0.417 e. The number of hydrogen-bond donors (Lipinski definition) is 1. The summed E-state index contributed by atoms with van der Waals surface area (Å²) in [5, 5.41) is 7.95. The SMILES string of the molecule is CN(C(=O)C1CC1)N(Cc1ccc(C(F)(F)F)cn1)C(=O)c1ccc2nc(N)c3cnn(C)c3c2c1. The highest BCUT2D eigenvalue weighted by atomic mass is 19.4. The van der Waals surface area contributed by atoms with Crippen molar-refractivity contribution < 1.29 is 22.8 Å². The van der Waals surface area contributed by atoms with Gasteiger partial charge in [-0.3, -0.25) is 24.3 Å². The van der Waals surface area contributed by atoms with E-state index in [1.807, 2.05) is 0 Å². The van der Waals surface area contributed by atoms with E-state index < -0.39 is 17.6 Å². The molecule has 1 fully saturated rings. The molecule has 2 N–H and O–H groups in total.